The molecule has 0 saturated heterocycles. The van der Waals surface area contributed by atoms with Crippen molar-refractivity contribution in [2.75, 3.05) is 13.6 Å². The lowest BCUT2D eigenvalue weighted by molar-refractivity contribution is 0.570. The molecule has 0 radical (unpaired) electrons. The molecule has 0 amide bonds. The van der Waals surface area contributed by atoms with Crippen LogP contribution in [-0.4, -0.2) is 29.5 Å². The summed E-state index contributed by atoms with van der Waals surface area (Å²) >= 11 is 3.48. The van der Waals surface area contributed by atoms with Crippen molar-refractivity contribution in [2.24, 2.45) is 4.99 Å². The minimum absolute atomic E-state index is 0.116. The summed E-state index contributed by atoms with van der Waals surface area (Å²) in [6, 6.07) is 0. The molecular formula is C17H27N5S2. The van der Waals surface area contributed by atoms with E-state index < -0.39 is 0 Å². The molecular weight excluding hydrogens is 338 g/mol. The molecule has 0 fully saturated rings. The van der Waals surface area contributed by atoms with Crippen molar-refractivity contribution in [3.63, 3.8) is 0 Å². The zero-order valence-electron chi connectivity index (χ0n) is 15.1. The Balaban J connectivity index is 1.76. The van der Waals surface area contributed by atoms with Gasteiger partial charge in [-0.3, -0.25) is 4.99 Å². The number of aryl methyl sites for hydroxylation is 1. The van der Waals surface area contributed by atoms with Gasteiger partial charge in [0, 0.05) is 41.9 Å². The molecule has 7 heteroatoms. The normalized spacial score (nSPS) is 12.5. The van der Waals surface area contributed by atoms with Crippen molar-refractivity contribution in [3.05, 3.63) is 32.2 Å². The zero-order valence-corrected chi connectivity index (χ0v) is 16.8. The van der Waals surface area contributed by atoms with E-state index in [2.05, 4.69) is 53.7 Å². The Bertz CT molecular complexity index is 667. The Morgan fingerprint density at radius 1 is 1.25 bits per heavy atom. The number of aromatic nitrogens is 2. The van der Waals surface area contributed by atoms with E-state index in [-0.39, 0.29) is 5.41 Å². The Labute approximate surface area is 152 Å². The summed E-state index contributed by atoms with van der Waals surface area (Å²) < 4.78 is 0. The highest BCUT2D eigenvalue weighted by atomic mass is 32.1. The second-order valence-corrected chi connectivity index (χ2v) is 8.70. The van der Waals surface area contributed by atoms with Gasteiger partial charge in [0.2, 0.25) is 0 Å². The Hall–Kier alpha value is -1.47. The second kappa shape index (κ2) is 8.58. The molecule has 0 bridgehead atoms. The average Bonchev–Trinajstić information content (AvgIpc) is 3.19. The molecule has 0 aliphatic carbocycles. The van der Waals surface area contributed by atoms with Crippen LogP contribution in [0.4, 0.5) is 0 Å². The number of hydrogen-bond acceptors (Lipinski definition) is 5. The van der Waals surface area contributed by atoms with Gasteiger partial charge >= 0.3 is 0 Å². The van der Waals surface area contributed by atoms with Crippen molar-refractivity contribution in [3.8, 4) is 0 Å². The molecule has 2 heterocycles. The largest absolute Gasteiger partial charge is 0.356 e. The third kappa shape index (κ3) is 5.56. The Kier molecular flexibility index (Phi) is 6.74. The van der Waals surface area contributed by atoms with Crippen LogP contribution in [-0.2, 0) is 24.8 Å². The van der Waals surface area contributed by atoms with Crippen LogP contribution in [0.25, 0.3) is 0 Å². The van der Waals surface area contributed by atoms with Gasteiger partial charge < -0.3 is 10.6 Å². The first-order chi connectivity index (χ1) is 11.4. The Morgan fingerprint density at radius 2 is 2.04 bits per heavy atom. The van der Waals surface area contributed by atoms with Crippen molar-refractivity contribution < 1.29 is 0 Å². The van der Waals surface area contributed by atoms with E-state index in [0.717, 1.165) is 35.4 Å². The number of guanidine groups is 1. The summed E-state index contributed by atoms with van der Waals surface area (Å²) in [5.74, 6) is 0.802. The number of thiazole rings is 2. The molecule has 24 heavy (non-hydrogen) atoms. The standard InChI is InChI=1S/C17H27N5S2/c1-6-12-9-20-15(24-12)10-21-16(18-5)19-8-7-14-22-13(11-23-14)17(2,3)4/h9,11H,6-8,10H2,1-5H3,(H2,18,19,21). The third-order valence-corrected chi connectivity index (χ3v) is 5.58. The molecule has 2 rings (SSSR count). The number of rotatable bonds is 6. The van der Waals surface area contributed by atoms with Crippen molar-refractivity contribution >= 4 is 28.6 Å². The van der Waals surface area contributed by atoms with Gasteiger partial charge in [0.1, 0.15) is 5.01 Å². The molecule has 0 unspecified atom stereocenters. The molecule has 0 atom stereocenters. The zero-order chi connectivity index (χ0) is 17.6. The number of nitrogens with one attached hydrogen (secondary N) is 2. The van der Waals surface area contributed by atoms with Crippen molar-refractivity contribution in [1.29, 1.82) is 0 Å². The van der Waals surface area contributed by atoms with E-state index in [4.69, 9.17) is 4.98 Å². The molecule has 0 spiro atoms. The first kappa shape index (κ1) is 18.9. The second-order valence-electron chi connectivity index (χ2n) is 6.55. The highest BCUT2D eigenvalue weighted by molar-refractivity contribution is 7.11. The monoisotopic (exact) mass is 365 g/mol. The lowest BCUT2D eigenvalue weighted by Gasteiger charge is -2.14. The van der Waals surface area contributed by atoms with Crippen LogP contribution in [0.3, 0.4) is 0 Å². The average molecular weight is 366 g/mol. The topological polar surface area (TPSA) is 62.2 Å². The van der Waals surface area contributed by atoms with E-state index >= 15 is 0 Å². The Morgan fingerprint density at radius 3 is 2.62 bits per heavy atom. The molecule has 5 nitrogen and oxygen atoms in total. The van der Waals surface area contributed by atoms with Gasteiger partial charge in [0.15, 0.2) is 5.96 Å². The predicted molar refractivity (Wildman–Crippen MR) is 104 cm³/mol. The molecule has 2 aromatic rings. The summed E-state index contributed by atoms with van der Waals surface area (Å²) in [4.78, 5) is 14.7. The van der Waals surface area contributed by atoms with E-state index in [1.165, 1.54) is 10.6 Å². The van der Waals surface area contributed by atoms with Gasteiger partial charge in [-0.25, -0.2) is 9.97 Å². The number of aliphatic imine (C=N–C) groups is 1. The summed E-state index contributed by atoms with van der Waals surface area (Å²) in [7, 11) is 1.79. The fourth-order valence-corrected chi connectivity index (χ4v) is 3.86. The molecule has 0 aliphatic heterocycles. The van der Waals surface area contributed by atoms with Crippen LogP contribution in [0.5, 0.6) is 0 Å². The van der Waals surface area contributed by atoms with Gasteiger partial charge in [-0.05, 0) is 6.42 Å². The number of hydrogen-bond donors (Lipinski definition) is 2. The number of nitrogens with zero attached hydrogens (tertiary/aromatic N) is 3. The SMILES string of the molecule is CCc1cnc(CNC(=NC)NCCc2nc(C(C)(C)C)cs2)s1. The minimum Gasteiger partial charge on any atom is -0.356 e. The van der Waals surface area contributed by atoms with Gasteiger partial charge in [-0.15, -0.1) is 22.7 Å². The molecule has 0 saturated carbocycles. The lowest BCUT2D eigenvalue weighted by Crippen LogP contribution is -2.37. The van der Waals surface area contributed by atoms with Gasteiger partial charge in [-0.1, -0.05) is 27.7 Å². The van der Waals surface area contributed by atoms with Gasteiger partial charge in [0.05, 0.1) is 17.2 Å². The van der Waals surface area contributed by atoms with Crippen LogP contribution in [0, 0.1) is 0 Å². The smallest absolute Gasteiger partial charge is 0.191 e. The first-order valence-electron chi connectivity index (χ1n) is 8.25. The summed E-state index contributed by atoms with van der Waals surface area (Å²) in [6.45, 7) is 10.2. The van der Waals surface area contributed by atoms with E-state index in [1.54, 1.807) is 29.7 Å². The highest BCUT2D eigenvalue weighted by Crippen LogP contribution is 2.23. The van der Waals surface area contributed by atoms with Crippen LogP contribution >= 0.6 is 22.7 Å². The maximum atomic E-state index is 4.72. The predicted octanol–water partition coefficient (Wildman–Crippen LogP) is 3.37. The lowest BCUT2D eigenvalue weighted by atomic mass is 9.93. The van der Waals surface area contributed by atoms with Crippen LogP contribution < -0.4 is 10.6 Å². The molecule has 2 N–H and O–H groups in total. The maximum Gasteiger partial charge on any atom is 0.191 e. The molecule has 132 valence electrons. The van der Waals surface area contributed by atoms with Gasteiger partial charge in [0.25, 0.3) is 0 Å². The molecule has 0 aromatic carbocycles. The van der Waals surface area contributed by atoms with Crippen molar-refractivity contribution in [2.45, 2.75) is 52.5 Å². The minimum atomic E-state index is 0.116. The van der Waals surface area contributed by atoms with Crippen molar-refractivity contribution in [1.82, 2.24) is 20.6 Å². The highest BCUT2D eigenvalue weighted by Gasteiger charge is 2.17. The fraction of sp³-hybridized carbons (Fsp3) is 0.588. The first-order valence-corrected chi connectivity index (χ1v) is 9.95. The summed E-state index contributed by atoms with van der Waals surface area (Å²) in [5, 5.41) is 11.1. The third-order valence-electron chi connectivity index (χ3n) is 3.53. The molecule has 0 aliphatic rings. The van der Waals surface area contributed by atoms with E-state index in [9.17, 15) is 0 Å². The van der Waals surface area contributed by atoms with E-state index in [1.807, 2.05) is 6.20 Å². The van der Waals surface area contributed by atoms with Crippen LogP contribution in [0.15, 0.2) is 16.6 Å². The molecule has 2 aromatic heterocycles. The van der Waals surface area contributed by atoms with Gasteiger partial charge in [-0.2, -0.15) is 0 Å². The van der Waals surface area contributed by atoms with Crippen LogP contribution in [0.2, 0.25) is 0 Å². The summed E-state index contributed by atoms with van der Waals surface area (Å²) in [6.07, 6.45) is 3.89. The fourth-order valence-electron chi connectivity index (χ4n) is 2.03. The summed E-state index contributed by atoms with van der Waals surface area (Å²) in [5.41, 5.74) is 1.28. The quantitative estimate of drug-likeness (QED) is 0.609. The van der Waals surface area contributed by atoms with Crippen LogP contribution in [0.1, 0.15) is 48.3 Å². The maximum absolute atomic E-state index is 4.72. The van der Waals surface area contributed by atoms with E-state index in [0.29, 0.717) is 6.54 Å².